The Morgan fingerprint density at radius 1 is 1.07 bits per heavy atom. The highest BCUT2D eigenvalue weighted by molar-refractivity contribution is 5.99. The molecule has 2 aromatic rings. The molecule has 2 heterocycles. The van der Waals surface area contributed by atoms with Gasteiger partial charge in [0, 0.05) is 25.0 Å². The summed E-state index contributed by atoms with van der Waals surface area (Å²) in [6.45, 7) is 6.55. The summed E-state index contributed by atoms with van der Waals surface area (Å²) in [5.41, 5.74) is 1.93. The number of likely N-dealkylation sites (tertiary alicyclic amines) is 1. The third-order valence-corrected chi connectivity index (χ3v) is 8.14. The van der Waals surface area contributed by atoms with E-state index in [0.717, 1.165) is 45.0 Å². The van der Waals surface area contributed by atoms with Crippen LogP contribution in [0.2, 0.25) is 0 Å². The minimum Gasteiger partial charge on any atom is -0.478 e. The lowest BCUT2D eigenvalue weighted by Gasteiger charge is -2.32. The van der Waals surface area contributed by atoms with Gasteiger partial charge in [-0.2, -0.15) is 5.26 Å². The smallest absolute Gasteiger partial charge is 0.334 e. The summed E-state index contributed by atoms with van der Waals surface area (Å²) in [6.07, 6.45) is 4.76. The number of allylic oxidation sites excluding steroid dienone is 2. The van der Waals surface area contributed by atoms with Crippen molar-refractivity contribution >= 4 is 23.6 Å². The van der Waals surface area contributed by atoms with Gasteiger partial charge in [-0.15, -0.1) is 4.99 Å². The molecule has 1 saturated heterocycles. The van der Waals surface area contributed by atoms with Crippen LogP contribution in [0.15, 0.2) is 76.1 Å². The van der Waals surface area contributed by atoms with Gasteiger partial charge in [-0.05, 0) is 81.9 Å². The molecule has 0 unspecified atom stereocenters. The highest BCUT2D eigenvalue weighted by Crippen LogP contribution is 2.39. The first-order valence-corrected chi connectivity index (χ1v) is 14.3. The van der Waals surface area contributed by atoms with Crippen molar-refractivity contribution in [1.29, 1.82) is 5.26 Å². The van der Waals surface area contributed by atoms with Crippen LogP contribution in [0.1, 0.15) is 56.1 Å². The van der Waals surface area contributed by atoms with E-state index in [1.54, 1.807) is 32.0 Å². The highest BCUT2D eigenvalue weighted by Gasteiger charge is 2.36. The van der Waals surface area contributed by atoms with Crippen molar-refractivity contribution in [3.63, 3.8) is 0 Å². The number of halogens is 1. The molecular formula is C32H37FN6O4. The maximum absolute atomic E-state index is 15.0. The summed E-state index contributed by atoms with van der Waals surface area (Å²) in [6, 6.07) is 14.5. The number of anilines is 1. The summed E-state index contributed by atoms with van der Waals surface area (Å²) >= 11 is 0. The van der Waals surface area contributed by atoms with E-state index in [1.165, 1.54) is 17.7 Å². The molecule has 0 atom stereocenters. The van der Waals surface area contributed by atoms with Gasteiger partial charge in [-0.1, -0.05) is 36.4 Å². The Morgan fingerprint density at radius 3 is 2.28 bits per heavy atom. The molecule has 2 aliphatic heterocycles. The summed E-state index contributed by atoms with van der Waals surface area (Å²) in [7, 11) is 1.75. The van der Waals surface area contributed by atoms with Crippen molar-refractivity contribution in [2.45, 2.75) is 44.9 Å². The minimum absolute atomic E-state index is 0.0512. The van der Waals surface area contributed by atoms with Gasteiger partial charge in [0.2, 0.25) is 12.2 Å². The molecule has 43 heavy (non-hydrogen) atoms. The van der Waals surface area contributed by atoms with Gasteiger partial charge in [0.05, 0.1) is 22.8 Å². The average Bonchev–Trinajstić information content (AvgIpc) is 2.98. The normalized spacial score (nSPS) is 17.0. The molecule has 11 heteroatoms. The molecule has 0 spiro atoms. The van der Waals surface area contributed by atoms with E-state index < -0.39 is 23.7 Å². The molecule has 0 bridgehead atoms. The number of nitriles is 1. The molecule has 226 valence electrons. The molecule has 0 radical (unpaired) electrons. The van der Waals surface area contributed by atoms with E-state index in [1.807, 2.05) is 6.07 Å². The molecule has 2 aromatic carbocycles. The number of nitrogens with one attached hydrogen (secondary N) is 2. The van der Waals surface area contributed by atoms with E-state index in [4.69, 9.17) is 0 Å². The Morgan fingerprint density at radius 2 is 1.70 bits per heavy atom. The van der Waals surface area contributed by atoms with E-state index >= 15 is 4.39 Å². The Balaban J connectivity index is 1.44. The van der Waals surface area contributed by atoms with Gasteiger partial charge in [0.25, 0.3) is 0 Å². The van der Waals surface area contributed by atoms with E-state index in [0.29, 0.717) is 23.9 Å². The molecular weight excluding hydrogens is 551 g/mol. The molecule has 2 aliphatic rings. The zero-order valence-corrected chi connectivity index (χ0v) is 24.6. The molecule has 0 saturated carbocycles. The van der Waals surface area contributed by atoms with E-state index in [2.05, 4.69) is 44.8 Å². The van der Waals surface area contributed by atoms with E-state index in [9.17, 15) is 25.1 Å². The van der Waals surface area contributed by atoms with Gasteiger partial charge >= 0.3 is 11.9 Å². The van der Waals surface area contributed by atoms with Crippen LogP contribution in [-0.2, 0) is 9.59 Å². The first-order chi connectivity index (χ1) is 20.6. The summed E-state index contributed by atoms with van der Waals surface area (Å²) in [4.78, 5) is 32.3. The van der Waals surface area contributed by atoms with Crippen LogP contribution < -0.4 is 10.6 Å². The van der Waals surface area contributed by atoms with Crippen molar-refractivity contribution in [2.24, 2.45) is 4.99 Å². The number of rotatable bonds is 9. The maximum Gasteiger partial charge on any atom is 0.334 e. The number of dihydropyridines is 1. The summed E-state index contributed by atoms with van der Waals surface area (Å²) in [5, 5.41) is 34.9. The van der Waals surface area contributed by atoms with Gasteiger partial charge in [0.1, 0.15) is 5.82 Å². The Kier molecular flexibility index (Phi) is 10.2. The Bertz CT molecular complexity index is 1450. The zero-order chi connectivity index (χ0) is 31.1. The lowest BCUT2D eigenvalue weighted by molar-refractivity contribution is -0.133. The zero-order valence-electron chi connectivity index (χ0n) is 24.6. The van der Waals surface area contributed by atoms with Crippen LogP contribution in [0.25, 0.3) is 0 Å². The molecule has 4 rings (SSSR count). The molecule has 0 amide bonds. The first-order valence-electron chi connectivity index (χ1n) is 14.3. The van der Waals surface area contributed by atoms with Gasteiger partial charge in [0.15, 0.2) is 0 Å². The molecule has 4 N–H and O–H groups in total. The second kappa shape index (κ2) is 14.0. The van der Waals surface area contributed by atoms with Crippen LogP contribution in [0, 0.1) is 17.3 Å². The number of aliphatic imine (C=N–C) groups is 1. The Labute approximate surface area is 250 Å². The molecule has 0 aliphatic carbocycles. The van der Waals surface area contributed by atoms with Crippen LogP contribution in [0.3, 0.4) is 0 Å². The predicted octanol–water partition coefficient (Wildman–Crippen LogP) is 4.68. The largest absolute Gasteiger partial charge is 0.478 e. The van der Waals surface area contributed by atoms with Crippen molar-refractivity contribution in [3.05, 3.63) is 88.0 Å². The number of aliphatic carboxylic acids is 2. The number of carboxylic acids is 2. The van der Waals surface area contributed by atoms with Gasteiger partial charge in [-0.25, -0.2) is 14.0 Å². The van der Waals surface area contributed by atoms with Crippen LogP contribution in [0.4, 0.5) is 10.1 Å². The summed E-state index contributed by atoms with van der Waals surface area (Å²) < 4.78 is 15.0. The van der Waals surface area contributed by atoms with Crippen molar-refractivity contribution < 1.29 is 24.2 Å². The standard InChI is InChI=1S/C32H37FN6O4/c1-20-27(30(40)41)29(28(31(42)43)21(2)36-20)24-10-11-25(33)26(18-24)37-32(35-19-34)38(3)14-7-15-39-16-12-23(13-17-39)22-8-5-4-6-9-22/h4-6,8-11,18,23,29,36H,7,12-17H2,1-3H3,(H,35,37)(H,40,41)(H,42,43). The van der Waals surface area contributed by atoms with Crippen molar-refractivity contribution in [2.75, 3.05) is 38.5 Å². The SMILES string of the molecule is CC1=C(C(=O)O)C(c2ccc(F)c(N/C(=N/C#N)N(C)CCCN3CCC(c4ccccc4)CC3)c2)C(C(=O)O)=C(C)N1. The fourth-order valence-corrected chi connectivity index (χ4v) is 5.94. The first kappa shape index (κ1) is 31.3. The average molecular weight is 589 g/mol. The Hall–Kier alpha value is -4.69. The van der Waals surface area contributed by atoms with Gasteiger partial charge < -0.3 is 30.6 Å². The topological polar surface area (TPSA) is 141 Å². The fourth-order valence-electron chi connectivity index (χ4n) is 5.94. The van der Waals surface area contributed by atoms with Gasteiger partial charge in [-0.3, -0.25) is 0 Å². The van der Waals surface area contributed by atoms with Crippen molar-refractivity contribution in [3.8, 4) is 6.19 Å². The predicted molar refractivity (Wildman–Crippen MR) is 162 cm³/mol. The maximum atomic E-state index is 15.0. The molecule has 0 aromatic heterocycles. The highest BCUT2D eigenvalue weighted by atomic mass is 19.1. The third kappa shape index (κ3) is 7.40. The second-order valence-corrected chi connectivity index (χ2v) is 10.9. The number of hydrogen-bond donors (Lipinski definition) is 4. The summed E-state index contributed by atoms with van der Waals surface area (Å²) in [5.74, 6) is -3.66. The number of carbonyl (C=O) groups is 2. The number of benzene rings is 2. The number of hydrogen-bond acceptors (Lipinski definition) is 6. The molecule has 1 fully saturated rings. The quantitative estimate of drug-likeness (QED) is 0.187. The lowest BCUT2D eigenvalue weighted by atomic mass is 9.80. The monoisotopic (exact) mass is 588 g/mol. The van der Waals surface area contributed by atoms with E-state index in [-0.39, 0.29) is 28.4 Å². The van der Waals surface area contributed by atoms with Crippen LogP contribution in [-0.4, -0.2) is 71.1 Å². The fraction of sp³-hybridized carbons (Fsp3) is 0.375. The number of piperidine rings is 1. The number of nitrogens with zero attached hydrogens (tertiary/aromatic N) is 4. The third-order valence-electron chi connectivity index (χ3n) is 8.14. The number of carboxylic acid groups (broad SMARTS) is 2. The van der Waals surface area contributed by atoms with Crippen LogP contribution >= 0.6 is 0 Å². The van der Waals surface area contributed by atoms with Crippen LogP contribution in [0.5, 0.6) is 0 Å². The number of guanidine groups is 1. The van der Waals surface area contributed by atoms with Crippen molar-refractivity contribution in [1.82, 2.24) is 15.1 Å². The lowest BCUT2D eigenvalue weighted by Crippen LogP contribution is -2.38. The minimum atomic E-state index is -1.28. The second-order valence-electron chi connectivity index (χ2n) is 10.9. The molecule has 10 nitrogen and oxygen atoms in total.